The first-order valence-electron chi connectivity index (χ1n) is 9.44. The summed E-state index contributed by atoms with van der Waals surface area (Å²) < 4.78 is 35.8. The Morgan fingerprint density at radius 2 is 2.03 bits per heavy atom. The predicted molar refractivity (Wildman–Crippen MR) is 105 cm³/mol. The van der Waals surface area contributed by atoms with Crippen molar-refractivity contribution >= 4 is 22.4 Å². The maximum absolute atomic E-state index is 12.3. The number of nitrogens with one attached hydrogen (secondary N) is 1. The van der Waals surface area contributed by atoms with Gasteiger partial charge >= 0.3 is 0 Å². The van der Waals surface area contributed by atoms with E-state index >= 15 is 0 Å². The number of hydrogen-bond donors (Lipinski definition) is 2. The lowest BCUT2D eigenvalue weighted by Gasteiger charge is -2.47. The van der Waals surface area contributed by atoms with Crippen molar-refractivity contribution in [2.45, 2.75) is 31.4 Å². The molecule has 0 atom stereocenters. The van der Waals surface area contributed by atoms with Gasteiger partial charge in [0.05, 0.1) is 31.0 Å². The van der Waals surface area contributed by atoms with E-state index in [9.17, 15) is 13.2 Å². The quantitative estimate of drug-likeness (QED) is 0.608. The summed E-state index contributed by atoms with van der Waals surface area (Å²) in [5.74, 6) is -0.0120. The Bertz CT molecular complexity index is 744. The molecule has 164 valence electrons. The summed E-state index contributed by atoms with van der Waals surface area (Å²) in [5, 5.41) is 6.89. The first-order valence-corrected chi connectivity index (χ1v) is 11.3. The molecular weight excluding hydrogens is 402 g/mol. The highest BCUT2D eigenvalue weighted by atomic mass is 32.2. The van der Waals surface area contributed by atoms with Crippen LogP contribution in [0.2, 0.25) is 0 Å². The van der Waals surface area contributed by atoms with E-state index in [0.29, 0.717) is 19.7 Å². The maximum atomic E-state index is 12.3. The standard InChI is InChI=1S/C17H27N3O5S.CH2O2/c1-26(22,23)18-6-2-16(21)20-7-4-17(5-8-20)14-19(9-11-25-17)12-15-3-10-24-13-15;2-1-3/h3,10,13,18H,2,4-9,11-12,14H2,1H3;1H,(H,2,3). The van der Waals surface area contributed by atoms with Crippen LogP contribution in [0.1, 0.15) is 24.8 Å². The molecule has 0 saturated carbocycles. The van der Waals surface area contributed by atoms with Crippen molar-refractivity contribution in [2.24, 2.45) is 0 Å². The minimum absolute atomic E-state index is 0.0120. The largest absolute Gasteiger partial charge is 0.483 e. The zero-order valence-corrected chi connectivity index (χ0v) is 17.4. The average Bonchev–Trinajstić information content (AvgIpc) is 3.15. The molecule has 1 amide bonds. The van der Waals surface area contributed by atoms with Crippen LogP contribution in [0.3, 0.4) is 0 Å². The summed E-state index contributed by atoms with van der Waals surface area (Å²) in [6, 6.07) is 1.98. The third kappa shape index (κ3) is 7.77. The van der Waals surface area contributed by atoms with Gasteiger partial charge in [0.15, 0.2) is 0 Å². The van der Waals surface area contributed by atoms with E-state index in [1.165, 1.54) is 0 Å². The number of furan rings is 1. The van der Waals surface area contributed by atoms with Gasteiger partial charge in [0.1, 0.15) is 0 Å². The maximum Gasteiger partial charge on any atom is 0.290 e. The highest BCUT2D eigenvalue weighted by Gasteiger charge is 2.40. The second kappa shape index (κ2) is 10.7. The number of morpholine rings is 1. The predicted octanol–water partition coefficient (Wildman–Crippen LogP) is 0.113. The van der Waals surface area contributed by atoms with E-state index in [-0.39, 0.29) is 30.9 Å². The molecule has 1 aromatic rings. The van der Waals surface area contributed by atoms with Crippen LogP contribution in [0.5, 0.6) is 0 Å². The summed E-state index contributed by atoms with van der Waals surface area (Å²) in [5.41, 5.74) is 0.970. The van der Waals surface area contributed by atoms with Gasteiger partial charge in [-0.05, 0) is 18.9 Å². The molecule has 2 fully saturated rings. The van der Waals surface area contributed by atoms with Gasteiger partial charge in [-0.25, -0.2) is 13.1 Å². The zero-order chi connectivity index (χ0) is 21.3. The molecular formula is C18H29N3O7S. The molecule has 3 heterocycles. The Labute approximate surface area is 170 Å². The van der Waals surface area contributed by atoms with Crippen molar-refractivity contribution in [2.75, 3.05) is 45.6 Å². The van der Waals surface area contributed by atoms with Crippen LogP contribution >= 0.6 is 0 Å². The van der Waals surface area contributed by atoms with Crippen LogP contribution in [0, 0.1) is 0 Å². The van der Waals surface area contributed by atoms with Crippen molar-refractivity contribution in [3.05, 3.63) is 24.2 Å². The molecule has 3 rings (SSSR count). The van der Waals surface area contributed by atoms with E-state index in [2.05, 4.69) is 9.62 Å². The van der Waals surface area contributed by atoms with Crippen molar-refractivity contribution in [3.8, 4) is 0 Å². The van der Waals surface area contributed by atoms with Crippen LogP contribution in [0.15, 0.2) is 23.0 Å². The number of sulfonamides is 1. The fraction of sp³-hybridized carbons (Fsp3) is 0.667. The fourth-order valence-electron chi connectivity index (χ4n) is 3.67. The Morgan fingerprint density at radius 3 is 2.62 bits per heavy atom. The van der Waals surface area contributed by atoms with E-state index in [0.717, 1.165) is 44.3 Å². The molecule has 0 aromatic carbocycles. The lowest BCUT2D eigenvalue weighted by molar-refractivity contribution is -0.151. The summed E-state index contributed by atoms with van der Waals surface area (Å²) in [4.78, 5) is 24.8. The van der Waals surface area contributed by atoms with Gasteiger partial charge in [-0.3, -0.25) is 14.5 Å². The van der Waals surface area contributed by atoms with Crippen LogP contribution in [-0.4, -0.2) is 86.9 Å². The number of likely N-dealkylation sites (tertiary alicyclic amines) is 1. The molecule has 29 heavy (non-hydrogen) atoms. The van der Waals surface area contributed by atoms with Gasteiger partial charge in [-0.2, -0.15) is 0 Å². The fourth-order valence-corrected chi connectivity index (χ4v) is 4.14. The van der Waals surface area contributed by atoms with Crippen molar-refractivity contribution < 1.29 is 32.3 Å². The zero-order valence-electron chi connectivity index (χ0n) is 16.6. The summed E-state index contributed by atoms with van der Waals surface area (Å²) in [6.07, 6.45) is 6.36. The number of carboxylic acid groups (broad SMARTS) is 1. The third-order valence-electron chi connectivity index (χ3n) is 5.04. The van der Waals surface area contributed by atoms with Gasteiger partial charge < -0.3 is 19.2 Å². The lowest BCUT2D eigenvalue weighted by Crippen LogP contribution is -2.57. The molecule has 0 bridgehead atoms. The Hall–Kier alpha value is -1.95. The lowest BCUT2D eigenvalue weighted by atomic mass is 9.89. The second-order valence-electron chi connectivity index (χ2n) is 7.28. The third-order valence-corrected chi connectivity index (χ3v) is 5.77. The minimum atomic E-state index is -3.25. The van der Waals surface area contributed by atoms with E-state index < -0.39 is 10.0 Å². The van der Waals surface area contributed by atoms with Crippen LogP contribution in [0.4, 0.5) is 0 Å². The first kappa shape index (κ1) is 23.3. The molecule has 2 aliphatic rings. The number of carbonyl (C=O) groups excluding carboxylic acids is 1. The highest BCUT2D eigenvalue weighted by Crippen LogP contribution is 2.31. The molecule has 0 unspecified atom stereocenters. The smallest absolute Gasteiger partial charge is 0.290 e. The molecule has 2 aliphatic heterocycles. The summed E-state index contributed by atoms with van der Waals surface area (Å²) in [7, 11) is -3.25. The Morgan fingerprint density at radius 1 is 1.34 bits per heavy atom. The van der Waals surface area contributed by atoms with Crippen LogP contribution in [0.25, 0.3) is 0 Å². The molecule has 2 N–H and O–H groups in total. The summed E-state index contributed by atoms with van der Waals surface area (Å²) >= 11 is 0. The Kier molecular flexibility index (Phi) is 8.62. The number of piperidine rings is 1. The number of rotatable bonds is 6. The molecule has 0 radical (unpaired) electrons. The number of amides is 1. The first-order chi connectivity index (χ1) is 13.8. The van der Waals surface area contributed by atoms with Crippen molar-refractivity contribution in [3.63, 3.8) is 0 Å². The second-order valence-corrected chi connectivity index (χ2v) is 9.11. The number of hydrogen-bond acceptors (Lipinski definition) is 7. The number of ether oxygens (including phenoxy) is 1. The topological polar surface area (TPSA) is 129 Å². The highest BCUT2D eigenvalue weighted by molar-refractivity contribution is 7.88. The molecule has 0 aliphatic carbocycles. The molecule has 1 spiro atoms. The minimum Gasteiger partial charge on any atom is -0.483 e. The van der Waals surface area contributed by atoms with Crippen molar-refractivity contribution in [1.29, 1.82) is 0 Å². The van der Waals surface area contributed by atoms with Crippen LogP contribution < -0.4 is 4.72 Å². The summed E-state index contributed by atoms with van der Waals surface area (Å²) in [6.45, 7) is 4.50. The molecule has 11 heteroatoms. The number of nitrogens with zero attached hydrogens (tertiary/aromatic N) is 2. The normalized spacial score (nSPS) is 19.4. The van der Waals surface area contributed by atoms with E-state index in [1.807, 2.05) is 11.0 Å². The van der Waals surface area contributed by atoms with Crippen molar-refractivity contribution in [1.82, 2.24) is 14.5 Å². The van der Waals surface area contributed by atoms with Gasteiger partial charge in [-0.15, -0.1) is 0 Å². The van der Waals surface area contributed by atoms with Gasteiger partial charge in [-0.1, -0.05) is 0 Å². The van der Waals surface area contributed by atoms with Gasteiger partial charge in [0.2, 0.25) is 15.9 Å². The Balaban J connectivity index is 0.000000941. The molecule has 1 aromatic heterocycles. The van der Waals surface area contributed by atoms with Gasteiger partial charge in [0, 0.05) is 51.3 Å². The van der Waals surface area contributed by atoms with Gasteiger partial charge in [0.25, 0.3) is 6.47 Å². The monoisotopic (exact) mass is 431 g/mol. The SMILES string of the molecule is CS(=O)(=O)NCCC(=O)N1CCC2(CC1)CN(Cc1ccoc1)CCO2.O=CO. The van der Waals surface area contributed by atoms with Crippen LogP contribution in [-0.2, 0) is 30.9 Å². The molecule has 2 saturated heterocycles. The van der Waals surface area contributed by atoms with E-state index in [4.69, 9.17) is 19.1 Å². The average molecular weight is 432 g/mol. The molecule has 10 nitrogen and oxygen atoms in total. The number of carbonyl (C=O) groups is 2. The van der Waals surface area contributed by atoms with E-state index in [1.54, 1.807) is 12.5 Å².